The minimum Gasteiger partial charge on any atom is -0.455 e. The molecule has 13 rings (SSSR count). The molecule has 5 heteroatoms. The van der Waals surface area contributed by atoms with Crippen LogP contribution in [0.15, 0.2) is 199 Å². The molecule has 0 radical (unpaired) electrons. The molecule has 5 nitrogen and oxygen atoms in total. The molecule has 0 atom stereocenters. The second kappa shape index (κ2) is 12.7. The highest BCUT2D eigenvalue weighted by Gasteiger charge is 2.23. The van der Waals surface area contributed by atoms with Crippen LogP contribution in [-0.2, 0) is 0 Å². The molecule has 0 saturated heterocycles. The van der Waals surface area contributed by atoms with E-state index in [2.05, 4.69) is 180 Å². The molecule has 0 aliphatic heterocycles. The van der Waals surface area contributed by atoms with Crippen LogP contribution in [0.3, 0.4) is 0 Å². The predicted molar refractivity (Wildman–Crippen MR) is 248 cm³/mol. The van der Waals surface area contributed by atoms with Gasteiger partial charge in [0.15, 0.2) is 17.5 Å². The van der Waals surface area contributed by atoms with Crippen molar-refractivity contribution >= 4 is 86.8 Å². The number of nitrogens with zero attached hydrogens (tertiary/aromatic N) is 4. The first-order chi connectivity index (χ1) is 29.7. The number of furan rings is 1. The highest BCUT2D eigenvalue weighted by molar-refractivity contribution is 6.19. The fourth-order valence-corrected chi connectivity index (χ4v) is 9.39. The topological polar surface area (TPSA) is 56.7 Å². The maximum absolute atomic E-state index is 7.07. The summed E-state index contributed by atoms with van der Waals surface area (Å²) in [6.45, 7) is 0. The van der Waals surface area contributed by atoms with E-state index < -0.39 is 0 Å². The summed E-state index contributed by atoms with van der Waals surface area (Å²) >= 11 is 0. The van der Waals surface area contributed by atoms with Crippen molar-refractivity contribution in [1.82, 2.24) is 19.5 Å². The first-order valence-corrected chi connectivity index (χ1v) is 20.3. The van der Waals surface area contributed by atoms with E-state index in [1.165, 1.54) is 26.9 Å². The van der Waals surface area contributed by atoms with Crippen LogP contribution in [0.2, 0.25) is 0 Å². The largest absolute Gasteiger partial charge is 0.455 e. The summed E-state index contributed by atoms with van der Waals surface area (Å²) in [5, 5.41) is 13.6. The molecule has 0 saturated carbocycles. The fraction of sp³-hybridized carbons (Fsp3) is 0. The zero-order valence-corrected chi connectivity index (χ0v) is 32.2. The molecule has 0 aliphatic rings. The van der Waals surface area contributed by atoms with Crippen LogP contribution in [0, 0.1) is 0 Å². The molecule has 278 valence electrons. The highest BCUT2D eigenvalue weighted by atomic mass is 16.3. The maximum Gasteiger partial charge on any atom is 0.167 e. The zero-order chi connectivity index (χ0) is 39.3. The molecule has 0 amide bonds. The van der Waals surface area contributed by atoms with E-state index in [1.54, 1.807) is 0 Å². The number of benzene rings is 10. The molecule has 0 bridgehead atoms. The van der Waals surface area contributed by atoms with Crippen molar-refractivity contribution in [1.29, 1.82) is 0 Å². The van der Waals surface area contributed by atoms with Gasteiger partial charge in [-0.05, 0) is 80.2 Å². The summed E-state index contributed by atoms with van der Waals surface area (Å²) in [7, 11) is 0. The highest BCUT2D eigenvalue weighted by Crippen LogP contribution is 2.43. The van der Waals surface area contributed by atoms with E-state index in [-0.39, 0.29) is 0 Å². The maximum atomic E-state index is 7.07. The number of para-hydroxylation sites is 1. The molecule has 0 N–H and O–H groups in total. The molecule has 3 aromatic heterocycles. The lowest BCUT2D eigenvalue weighted by Crippen LogP contribution is -2.02. The SMILES string of the molecule is c1ccc(-c2nc(-c3cc4ccccc4c4ccccc34)nc(-c3cc(-n4c5ccccc5c5cc6ccccc6cc54)cc4c3oc3c5ccccc5ccc43)n2)cc1. The number of rotatable bonds is 4. The van der Waals surface area contributed by atoms with Crippen LogP contribution in [0.25, 0.3) is 127 Å². The molecular formula is C55H32N4O. The minimum absolute atomic E-state index is 0.539. The van der Waals surface area contributed by atoms with Gasteiger partial charge in [0.2, 0.25) is 0 Å². The quantitative estimate of drug-likeness (QED) is 0.167. The van der Waals surface area contributed by atoms with Crippen LogP contribution < -0.4 is 0 Å². The van der Waals surface area contributed by atoms with Crippen LogP contribution in [0.5, 0.6) is 0 Å². The van der Waals surface area contributed by atoms with Crippen molar-refractivity contribution in [2.75, 3.05) is 0 Å². The van der Waals surface area contributed by atoms with E-state index in [1.807, 2.05) is 18.2 Å². The molecule has 0 spiro atoms. The number of fused-ring (bicyclic) bond motifs is 12. The Kier molecular flexibility index (Phi) is 6.95. The lowest BCUT2D eigenvalue weighted by atomic mass is 9.97. The van der Waals surface area contributed by atoms with E-state index in [9.17, 15) is 0 Å². The zero-order valence-electron chi connectivity index (χ0n) is 32.2. The average Bonchev–Trinajstić information content (AvgIpc) is 3.86. The van der Waals surface area contributed by atoms with Gasteiger partial charge in [-0.3, -0.25) is 0 Å². The Hall–Kier alpha value is -8.15. The van der Waals surface area contributed by atoms with Gasteiger partial charge in [0.05, 0.1) is 16.6 Å². The van der Waals surface area contributed by atoms with E-state index in [4.69, 9.17) is 19.4 Å². The molecule has 0 fully saturated rings. The van der Waals surface area contributed by atoms with Gasteiger partial charge in [-0.2, -0.15) is 0 Å². The number of hydrogen-bond acceptors (Lipinski definition) is 4. The standard InChI is InChI=1S/C55H32N4O/c1-2-15-34(16-3-1)53-56-54(47-29-37-19-7-8-20-39(37)41-22-10-11-23-42(41)47)58-55(57-53)48-32-38(31-46-44-27-26-33-14-6-9-21-40(33)51(44)60-52(46)48)59-49-25-13-12-24-43(49)45-28-35-17-4-5-18-36(35)30-50(45)59/h1-32H. The number of hydrogen-bond donors (Lipinski definition) is 0. The Morgan fingerprint density at radius 1 is 0.317 bits per heavy atom. The van der Waals surface area contributed by atoms with Gasteiger partial charge in [0, 0.05) is 43.7 Å². The van der Waals surface area contributed by atoms with Gasteiger partial charge in [-0.25, -0.2) is 15.0 Å². The van der Waals surface area contributed by atoms with Crippen LogP contribution in [0.1, 0.15) is 0 Å². The van der Waals surface area contributed by atoms with Crippen molar-refractivity contribution in [3.05, 3.63) is 194 Å². The normalized spacial score (nSPS) is 12.0. The Labute approximate surface area is 343 Å². The van der Waals surface area contributed by atoms with Crippen molar-refractivity contribution < 1.29 is 4.42 Å². The van der Waals surface area contributed by atoms with Crippen LogP contribution >= 0.6 is 0 Å². The molecular weight excluding hydrogens is 733 g/mol. The van der Waals surface area contributed by atoms with Crippen molar-refractivity contribution in [3.8, 4) is 39.9 Å². The van der Waals surface area contributed by atoms with Crippen LogP contribution in [-0.4, -0.2) is 19.5 Å². The Morgan fingerprint density at radius 3 is 1.75 bits per heavy atom. The summed E-state index contributed by atoms with van der Waals surface area (Å²) in [6.07, 6.45) is 0. The second-order valence-corrected chi connectivity index (χ2v) is 15.6. The van der Waals surface area contributed by atoms with Gasteiger partial charge in [0.1, 0.15) is 11.2 Å². The van der Waals surface area contributed by atoms with Gasteiger partial charge >= 0.3 is 0 Å². The minimum atomic E-state index is 0.539. The third-order valence-electron chi connectivity index (χ3n) is 12.2. The van der Waals surface area contributed by atoms with Crippen molar-refractivity contribution in [3.63, 3.8) is 0 Å². The molecule has 13 aromatic rings. The molecule has 0 aliphatic carbocycles. The Balaban J connectivity index is 1.17. The summed E-state index contributed by atoms with van der Waals surface area (Å²) in [5.74, 6) is 1.73. The third-order valence-corrected chi connectivity index (χ3v) is 12.2. The van der Waals surface area contributed by atoms with Gasteiger partial charge in [0.25, 0.3) is 0 Å². The summed E-state index contributed by atoms with van der Waals surface area (Å²) in [4.78, 5) is 16.0. The molecule has 0 unspecified atom stereocenters. The molecule has 10 aromatic carbocycles. The lowest BCUT2D eigenvalue weighted by Gasteiger charge is -2.14. The van der Waals surface area contributed by atoms with Crippen molar-refractivity contribution in [2.45, 2.75) is 0 Å². The van der Waals surface area contributed by atoms with Crippen LogP contribution in [0.4, 0.5) is 0 Å². The lowest BCUT2D eigenvalue weighted by molar-refractivity contribution is 0.673. The fourth-order valence-electron chi connectivity index (χ4n) is 9.39. The average molecular weight is 765 g/mol. The first-order valence-electron chi connectivity index (χ1n) is 20.3. The monoisotopic (exact) mass is 764 g/mol. The first kappa shape index (κ1) is 32.9. The van der Waals surface area contributed by atoms with Gasteiger partial charge in [-0.1, -0.05) is 152 Å². The second-order valence-electron chi connectivity index (χ2n) is 15.6. The predicted octanol–water partition coefficient (Wildman–Crippen LogP) is 14.5. The summed E-state index contributed by atoms with van der Waals surface area (Å²) in [6, 6.07) is 68.6. The molecule has 60 heavy (non-hydrogen) atoms. The van der Waals surface area contributed by atoms with Gasteiger partial charge in [-0.15, -0.1) is 0 Å². The van der Waals surface area contributed by atoms with E-state index in [0.29, 0.717) is 17.5 Å². The summed E-state index contributed by atoms with van der Waals surface area (Å²) in [5.41, 5.74) is 7.46. The van der Waals surface area contributed by atoms with Crippen molar-refractivity contribution in [2.24, 2.45) is 0 Å². The number of aromatic nitrogens is 4. The van der Waals surface area contributed by atoms with Gasteiger partial charge < -0.3 is 8.98 Å². The Morgan fingerprint density at radius 2 is 0.933 bits per heavy atom. The molecule has 3 heterocycles. The van der Waals surface area contributed by atoms with E-state index in [0.717, 1.165) is 82.3 Å². The Bertz CT molecular complexity index is 3900. The third kappa shape index (κ3) is 4.90. The van der Waals surface area contributed by atoms with E-state index >= 15 is 0 Å². The smallest absolute Gasteiger partial charge is 0.167 e. The summed E-state index contributed by atoms with van der Waals surface area (Å²) < 4.78 is 9.45.